The van der Waals surface area contributed by atoms with Gasteiger partial charge in [-0.2, -0.15) is 0 Å². The lowest BCUT2D eigenvalue weighted by Gasteiger charge is -2.42. The monoisotopic (exact) mass is 448 g/mol. The van der Waals surface area contributed by atoms with Crippen molar-refractivity contribution in [3.8, 4) is 11.1 Å². The van der Waals surface area contributed by atoms with Crippen LogP contribution in [0, 0.1) is 29.4 Å². The summed E-state index contributed by atoms with van der Waals surface area (Å²) in [6.45, 7) is 5.82. The second kappa shape index (κ2) is 11.3. The quantitative estimate of drug-likeness (QED) is 0.353. The van der Waals surface area contributed by atoms with Crippen molar-refractivity contribution in [2.24, 2.45) is 17.8 Å². The van der Waals surface area contributed by atoms with Crippen LogP contribution in [0.4, 0.5) is 8.78 Å². The summed E-state index contributed by atoms with van der Waals surface area (Å²) in [7, 11) is 0. The third-order valence-electron chi connectivity index (χ3n) is 8.12. The van der Waals surface area contributed by atoms with Crippen LogP contribution >= 0.6 is 0 Å². The van der Waals surface area contributed by atoms with Crippen molar-refractivity contribution in [1.82, 2.24) is 0 Å². The molecule has 2 aliphatic carbocycles. The van der Waals surface area contributed by atoms with E-state index in [1.54, 1.807) is 18.2 Å². The Bertz CT molecular complexity index is 973. The summed E-state index contributed by atoms with van der Waals surface area (Å²) < 4.78 is 29.8. The maximum Gasteiger partial charge on any atom is 0.131 e. The summed E-state index contributed by atoms with van der Waals surface area (Å²) in [4.78, 5) is 0. The molecule has 2 aromatic rings. The lowest BCUT2D eigenvalue weighted by atomic mass is 9.63. The lowest BCUT2D eigenvalue weighted by Crippen LogP contribution is -2.30. The highest BCUT2D eigenvalue weighted by Crippen LogP contribution is 2.48. The minimum atomic E-state index is -0.352. The molecular formula is C31H38F2. The van der Waals surface area contributed by atoms with Gasteiger partial charge >= 0.3 is 0 Å². The SMILES string of the molecule is C=CCCc1ccc(-c2ccc(C3CCC4CC(CC/C=C/C)CCC4C3)cc2F)c(F)c1. The van der Waals surface area contributed by atoms with Crippen LogP contribution in [0.2, 0.25) is 0 Å². The number of allylic oxidation sites excluding steroid dienone is 3. The molecule has 0 N–H and O–H groups in total. The molecule has 0 saturated heterocycles. The van der Waals surface area contributed by atoms with Crippen LogP contribution in [0.1, 0.15) is 81.8 Å². The molecule has 2 aliphatic rings. The smallest absolute Gasteiger partial charge is 0.131 e. The first-order chi connectivity index (χ1) is 16.1. The molecule has 2 heteroatoms. The molecule has 0 aliphatic heterocycles. The third-order valence-corrected chi connectivity index (χ3v) is 8.12. The van der Waals surface area contributed by atoms with E-state index in [0.717, 1.165) is 48.1 Å². The van der Waals surface area contributed by atoms with Gasteiger partial charge in [0, 0.05) is 11.1 Å². The minimum absolute atomic E-state index is 0.306. The summed E-state index contributed by atoms with van der Waals surface area (Å²) in [6.07, 6.45) is 18.0. The number of hydrogen-bond acceptors (Lipinski definition) is 0. The summed E-state index contributed by atoms with van der Waals surface area (Å²) in [6, 6.07) is 10.6. The van der Waals surface area contributed by atoms with Gasteiger partial charge in [0.2, 0.25) is 0 Å². The van der Waals surface area contributed by atoms with E-state index in [9.17, 15) is 4.39 Å². The van der Waals surface area contributed by atoms with Crippen LogP contribution in [-0.2, 0) is 6.42 Å². The van der Waals surface area contributed by atoms with E-state index in [-0.39, 0.29) is 11.6 Å². The number of aryl methyl sites for hydroxylation is 1. The number of halogens is 2. The largest absolute Gasteiger partial charge is 0.206 e. The van der Waals surface area contributed by atoms with E-state index < -0.39 is 0 Å². The highest BCUT2D eigenvalue weighted by molar-refractivity contribution is 5.65. The number of benzene rings is 2. The van der Waals surface area contributed by atoms with Crippen molar-refractivity contribution in [3.05, 3.63) is 84.0 Å². The second-order valence-electron chi connectivity index (χ2n) is 10.2. The topological polar surface area (TPSA) is 0 Å². The maximum absolute atomic E-state index is 15.1. The molecule has 0 amide bonds. The van der Waals surface area contributed by atoms with Gasteiger partial charge in [-0.05, 0) is 112 Å². The molecular weight excluding hydrogens is 410 g/mol. The second-order valence-corrected chi connectivity index (χ2v) is 10.2. The van der Waals surface area contributed by atoms with Crippen LogP contribution in [0.3, 0.4) is 0 Å². The first kappa shape index (κ1) is 23.9. The standard InChI is InChI=1S/C31H38F2/c1-3-5-7-9-22-10-12-25-20-26(14-13-24(25)18-22)27-15-17-29(31(33)21-27)28-16-11-23(8-6-4-2)19-30(28)32/h3-5,11,15-17,19,21-22,24-26H,2,6-10,12-14,18,20H2,1H3/b5-3+. The number of hydrogen-bond donors (Lipinski definition) is 0. The molecule has 0 aromatic heterocycles. The van der Waals surface area contributed by atoms with Crippen LogP contribution in [0.25, 0.3) is 11.1 Å². The fraction of sp³-hybridized carbons (Fsp3) is 0.484. The lowest BCUT2D eigenvalue weighted by molar-refractivity contribution is 0.115. The Morgan fingerprint density at radius 1 is 0.879 bits per heavy atom. The van der Waals surface area contributed by atoms with Crippen LogP contribution in [0.15, 0.2) is 61.2 Å². The Labute approximate surface area is 198 Å². The molecule has 2 fully saturated rings. The fourth-order valence-corrected chi connectivity index (χ4v) is 6.25. The molecule has 176 valence electrons. The summed E-state index contributed by atoms with van der Waals surface area (Å²) >= 11 is 0. The summed E-state index contributed by atoms with van der Waals surface area (Å²) in [5, 5.41) is 0. The Morgan fingerprint density at radius 2 is 1.61 bits per heavy atom. The highest BCUT2D eigenvalue weighted by Gasteiger charge is 2.35. The number of fused-ring (bicyclic) bond motifs is 1. The minimum Gasteiger partial charge on any atom is -0.206 e. The van der Waals surface area contributed by atoms with Gasteiger partial charge in [0.25, 0.3) is 0 Å². The van der Waals surface area contributed by atoms with E-state index in [2.05, 4.69) is 25.7 Å². The Morgan fingerprint density at radius 3 is 2.33 bits per heavy atom. The molecule has 33 heavy (non-hydrogen) atoms. The molecule has 0 nitrogen and oxygen atoms in total. The van der Waals surface area contributed by atoms with Gasteiger partial charge in [0.05, 0.1) is 0 Å². The van der Waals surface area contributed by atoms with E-state index in [0.29, 0.717) is 17.0 Å². The molecule has 0 heterocycles. The van der Waals surface area contributed by atoms with E-state index >= 15 is 4.39 Å². The average Bonchev–Trinajstić information content (AvgIpc) is 2.83. The predicted molar refractivity (Wildman–Crippen MR) is 135 cm³/mol. The van der Waals surface area contributed by atoms with Gasteiger partial charge < -0.3 is 0 Å². The van der Waals surface area contributed by atoms with Gasteiger partial charge in [-0.3, -0.25) is 0 Å². The van der Waals surface area contributed by atoms with Crippen molar-refractivity contribution < 1.29 is 8.78 Å². The van der Waals surface area contributed by atoms with Crippen molar-refractivity contribution in [3.63, 3.8) is 0 Å². The zero-order chi connectivity index (χ0) is 23.2. The third kappa shape index (κ3) is 5.83. The Hall–Kier alpha value is -2.22. The van der Waals surface area contributed by atoms with E-state index in [1.165, 1.54) is 51.0 Å². The number of rotatable bonds is 8. The molecule has 2 saturated carbocycles. The van der Waals surface area contributed by atoms with Crippen LogP contribution < -0.4 is 0 Å². The Kier molecular flexibility index (Phi) is 8.17. The van der Waals surface area contributed by atoms with Crippen LogP contribution in [-0.4, -0.2) is 0 Å². The Balaban J connectivity index is 1.41. The van der Waals surface area contributed by atoms with E-state index in [1.807, 2.05) is 18.2 Å². The fourth-order valence-electron chi connectivity index (χ4n) is 6.25. The summed E-state index contributed by atoms with van der Waals surface area (Å²) in [5.74, 6) is 2.29. The van der Waals surface area contributed by atoms with Crippen molar-refractivity contribution >= 4 is 0 Å². The highest BCUT2D eigenvalue weighted by atomic mass is 19.1. The first-order valence-electron chi connectivity index (χ1n) is 12.9. The van der Waals surface area contributed by atoms with Gasteiger partial charge in [0.15, 0.2) is 0 Å². The van der Waals surface area contributed by atoms with E-state index in [4.69, 9.17) is 0 Å². The molecule has 0 radical (unpaired) electrons. The molecule has 2 aromatic carbocycles. The molecule has 0 bridgehead atoms. The molecule has 4 unspecified atom stereocenters. The molecule has 4 atom stereocenters. The van der Waals surface area contributed by atoms with Crippen molar-refractivity contribution in [1.29, 1.82) is 0 Å². The van der Waals surface area contributed by atoms with Gasteiger partial charge in [0.1, 0.15) is 11.6 Å². The summed E-state index contributed by atoms with van der Waals surface area (Å²) in [5.41, 5.74) is 2.72. The van der Waals surface area contributed by atoms with Gasteiger partial charge in [-0.1, -0.05) is 48.9 Å². The van der Waals surface area contributed by atoms with Gasteiger partial charge in [-0.25, -0.2) is 8.78 Å². The zero-order valence-corrected chi connectivity index (χ0v) is 20.0. The van der Waals surface area contributed by atoms with Crippen LogP contribution in [0.5, 0.6) is 0 Å². The first-order valence-corrected chi connectivity index (χ1v) is 12.9. The predicted octanol–water partition coefficient (Wildman–Crippen LogP) is 9.41. The van der Waals surface area contributed by atoms with Crippen molar-refractivity contribution in [2.45, 2.75) is 77.0 Å². The molecule has 4 rings (SSSR count). The molecule has 0 spiro atoms. The van der Waals surface area contributed by atoms with Gasteiger partial charge in [-0.15, -0.1) is 6.58 Å². The van der Waals surface area contributed by atoms with Crippen molar-refractivity contribution in [2.75, 3.05) is 0 Å². The normalized spacial score (nSPS) is 25.2. The average molecular weight is 449 g/mol. The zero-order valence-electron chi connectivity index (χ0n) is 20.0. The maximum atomic E-state index is 15.1.